The van der Waals surface area contributed by atoms with E-state index in [-0.39, 0.29) is 11.9 Å². The molecule has 19 heavy (non-hydrogen) atoms. The lowest BCUT2D eigenvalue weighted by molar-refractivity contribution is -0.0418. The van der Waals surface area contributed by atoms with Crippen molar-refractivity contribution in [3.63, 3.8) is 0 Å². The van der Waals surface area contributed by atoms with Gasteiger partial charge in [-0.25, -0.2) is 4.39 Å². The summed E-state index contributed by atoms with van der Waals surface area (Å²) in [6.45, 7) is 6.60. The number of likely N-dealkylation sites (N-methyl/N-ethyl adjacent to an activating group) is 1. The van der Waals surface area contributed by atoms with E-state index in [1.165, 1.54) is 12.1 Å². The van der Waals surface area contributed by atoms with Gasteiger partial charge >= 0.3 is 0 Å². The van der Waals surface area contributed by atoms with Crippen molar-refractivity contribution in [2.24, 2.45) is 0 Å². The Hall–Kier alpha value is -1.39. The number of furan rings is 1. The molecule has 3 nitrogen and oxygen atoms in total. The molecule has 2 rings (SSSR count). The lowest BCUT2D eigenvalue weighted by Crippen LogP contribution is -2.39. The quantitative estimate of drug-likeness (QED) is 0.896. The molecular weight excluding hydrogens is 245 g/mol. The van der Waals surface area contributed by atoms with Crippen molar-refractivity contribution in [1.29, 1.82) is 0 Å². The van der Waals surface area contributed by atoms with Crippen molar-refractivity contribution in [1.82, 2.24) is 5.32 Å². The maximum atomic E-state index is 13.2. The normalized spacial score (nSPS) is 13.9. The fourth-order valence-corrected chi connectivity index (χ4v) is 2.46. The highest BCUT2D eigenvalue weighted by Crippen LogP contribution is 2.32. The van der Waals surface area contributed by atoms with Crippen molar-refractivity contribution < 1.29 is 13.5 Å². The molecule has 4 heteroatoms. The van der Waals surface area contributed by atoms with Crippen LogP contribution in [-0.4, -0.2) is 19.3 Å². The second-order valence-electron chi connectivity index (χ2n) is 5.09. The Morgan fingerprint density at radius 1 is 1.37 bits per heavy atom. The van der Waals surface area contributed by atoms with Gasteiger partial charge in [0.15, 0.2) is 0 Å². The zero-order valence-electron chi connectivity index (χ0n) is 11.8. The molecule has 1 unspecified atom stereocenters. The Kier molecular flexibility index (Phi) is 3.92. The van der Waals surface area contributed by atoms with Gasteiger partial charge in [0.2, 0.25) is 0 Å². The van der Waals surface area contributed by atoms with Crippen LogP contribution in [0.1, 0.15) is 32.6 Å². The topological polar surface area (TPSA) is 34.4 Å². The lowest BCUT2D eigenvalue weighted by atomic mass is 9.96. The third-order valence-electron chi connectivity index (χ3n) is 3.28. The van der Waals surface area contributed by atoms with Gasteiger partial charge in [-0.15, -0.1) is 0 Å². The first kappa shape index (κ1) is 14.0. The average molecular weight is 265 g/mol. The van der Waals surface area contributed by atoms with E-state index in [1.54, 1.807) is 6.07 Å². The predicted molar refractivity (Wildman–Crippen MR) is 73.7 cm³/mol. The number of hydrogen-bond donors (Lipinski definition) is 1. The van der Waals surface area contributed by atoms with Gasteiger partial charge in [-0.1, -0.05) is 0 Å². The van der Waals surface area contributed by atoms with E-state index in [9.17, 15) is 4.39 Å². The third kappa shape index (κ3) is 2.80. The highest BCUT2D eigenvalue weighted by atomic mass is 19.1. The summed E-state index contributed by atoms with van der Waals surface area (Å²) in [6, 6.07) is 6.29. The molecule has 0 fully saturated rings. The molecular formula is C15H20FNO2. The van der Waals surface area contributed by atoms with Crippen LogP contribution in [0.4, 0.5) is 4.39 Å². The Morgan fingerprint density at radius 3 is 2.74 bits per heavy atom. The Labute approximate surface area is 112 Å². The molecule has 0 bridgehead atoms. The van der Waals surface area contributed by atoms with Gasteiger partial charge < -0.3 is 14.5 Å². The number of benzene rings is 1. The highest BCUT2D eigenvalue weighted by Gasteiger charge is 2.32. The molecule has 0 aliphatic rings. The zero-order valence-corrected chi connectivity index (χ0v) is 11.8. The van der Waals surface area contributed by atoms with Crippen LogP contribution in [0.3, 0.4) is 0 Å². The van der Waals surface area contributed by atoms with Crippen LogP contribution in [0, 0.1) is 5.82 Å². The van der Waals surface area contributed by atoms with Crippen molar-refractivity contribution in [2.45, 2.75) is 32.4 Å². The van der Waals surface area contributed by atoms with Gasteiger partial charge in [-0.2, -0.15) is 0 Å². The summed E-state index contributed by atoms with van der Waals surface area (Å²) in [5.74, 6) is 0.492. The van der Waals surface area contributed by atoms with Gasteiger partial charge in [0.25, 0.3) is 0 Å². The molecule has 0 aliphatic heterocycles. The van der Waals surface area contributed by atoms with Crippen LogP contribution in [0.5, 0.6) is 0 Å². The molecule has 0 saturated carbocycles. The third-order valence-corrected chi connectivity index (χ3v) is 3.28. The largest absolute Gasteiger partial charge is 0.459 e. The maximum Gasteiger partial charge on any atom is 0.134 e. The van der Waals surface area contributed by atoms with Crippen molar-refractivity contribution in [2.75, 3.05) is 13.7 Å². The van der Waals surface area contributed by atoms with E-state index in [0.29, 0.717) is 12.2 Å². The molecule has 104 valence electrons. The van der Waals surface area contributed by atoms with Crippen molar-refractivity contribution >= 4 is 11.0 Å². The average Bonchev–Trinajstić information content (AvgIpc) is 2.71. The molecule has 0 saturated heterocycles. The van der Waals surface area contributed by atoms with Gasteiger partial charge in [0.05, 0.1) is 11.6 Å². The molecule has 2 aromatic rings. The van der Waals surface area contributed by atoms with E-state index in [2.05, 4.69) is 5.32 Å². The first-order valence-electron chi connectivity index (χ1n) is 6.48. The number of fused-ring (bicyclic) bond motifs is 1. The molecule has 1 aromatic carbocycles. The van der Waals surface area contributed by atoms with Crippen LogP contribution in [-0.2, 0) is 4.74 Å². The highest BCUT2D eigenvalue weighted by molar-refractivity contribution is 5.78. The fourth-order valence-electron chi connectivity index (χ4n) is 2.46. The van der Waals surface area contributed by atoms with E-state index < -0.39 is 5.60 Å². The molecule has 0 amide bonds. The van der Waals surface area contributed by atoms with Gasteiger partial charge in [-0.05, 0) is 52.1 Å². The number of nitrogens with one attached hydrogen (secondary N) is 1. The monoisotopic (exact) mass is 265 g/mol. The molecule has 1 aromatic heterocycles. The minimum Gasteiger partial charge on any atom is -0.459 e. The maximum absolute atomic E-state index is 13.2. The van der Waals surface area contributed by atoms with Crippen molar-refractivity contribution in [3.8, 4) is 0 Å². The van der Waals surface area contributed by atoms with Crippen LogP contribution in [0.25, 0.3) is 11.0 Å². The van der Waals surface area contributed by atoms with Crippen LogP contribution < -0.4 is 5.32 Å². The Morgan fingerprint density at radius 2 is 2.11 bits per heavy atom. The smallest absolute Gasteiger partial charge is 0.134 e. The summed E-state index contributed by atoms with van der Waals surface area (Å²) in [7, 11) is 1.86. The Balaban J connectivity index is 2.40. The first-order chi connectivity index (χ1) is 8.97. The van der Waals surface area contributed by atoms with E-state index in [4.69, 9.17) is 9.15 Å². The fraction of sp³-hybridized carbons (Fsp3) is 0.467. The lowest BCUT2D eigenvalue weighted by Gasteiger charge is -2.32. The van der Waals surface area contributed by atoms with Crippen LogP contribution >= 0.6 is 0 Å². The van der Waals surface area contributed by atoms with E-state index in [0.717, 1.165) is 11.1 Å². The number of ether oxygens (including phenoxy) is 1. The number of hydrogen-bond acceptors (Lipinski definition) is 3. The minimum atomic E-state index is -0.407. The van der Waals surface area contributed by atoms with Crippen molar-refractivity contribution in [3.05, 3.63) is 35.8 Å². The van der Waals surface area contributed by atoms with Gasteiger partial charge in [0.1, 0.15) is 17.2 Å². The number of halogens is 1. The summed E-state index contributed by atoms with van der Waals surface area (Å²) in [6.07, 6.45) is 0. The van der Waals surface area contributed by atoms with E-state index >= 15 is 0 Å². The van der Waals surface area contributed by atoms with Gasteiger partial charge in [-0.3, -0.25) is 0 Å². The summed E-state index contributed by atoms with van der Waals surface area (Å²) >= 11 is 0. The molecule has 1 atom stereocenters. The summed E-state index contributed by atoms with van der Waals surface area (Å²) in [5.41, 5.74) is 0.277. The minimum absolute atomic E-state index is 0.0945. The second kappa shape index (κ2) is 5.31. The predicted octanol–water partition coefficient (Wildman–Crippen LogP) is 3.65. The standard InChI is InChI=1S/C15H20FNO2/c1-5-18-15(2,3)14(17-4)13-9-10-8-11(16)6-7-12(10)19-13/h6-9,14,17H,5H2,1-4H3. The molecule has 0 spiro atoms. The van der Waals surface area contributed by atoms with Crippen LogP contribution in [0.2, 0.25) is 0 Å². The molecule has 0 radical (unpaired) electrons. The zero-order chi connectivity index (χ0) is 14.0. The summed E-state index contributed by atoms with van der Waals surface area (Å²) in [4.78, 5) is 0. The van der Waals surface area contributed by atoms with E-state index in [1.807, 2.05) is 33.9 Å². The van der Waals surface area contributed by atoms with Gasteiger partial charge in [0, 0.05) is 12.0 Å². The van der Waals surface area contributed by atoms with Crippen LogP contribution in [0.15, 0.2) is 28.7 Å². The summed E-state index contributed by atoms with van der Waals surface area (Å²) < 4.78 is 24.8. The SMILES string of the molecule is CCOC(C)(C)C(NC)c1cc2cc(F)ccc2o1. The number of rotatable bonds is 5. The molecule has 1 heterocycles. The Bertz CT molecular complexity index is 562. The molecule has 0 aliphatic carbocycles. The first-order valence-corrected chi connectivity index (χ1v) is 6.48. The molecule has 1 N–H and O–H groups in total. The second-order valence-corrected chi connectivity index (χ2v) is 5.09. The summed E-state index contributed by atoms with van der Waals surface area (Å²) in [5, 5.41) is 3.97.